The summed E-state index contributed by atoms with van der Waals surface area (Å²) in [4.78, 5) is 0. The molecule has 0 radical (unpaired) electrons. The Morgan fingerprint density at radius 1 is 1.33 bits per heavy atom. The standard InChI is InChI=1S/C13H21N3O2/c14-7-12-13-11(3-6-18-12)9-16(15-13)8-10-1-4-17-5-2-10/h9-10,12H,1-8,14H2/t12-/m1/s1. The monoisotopic (exact) mass is 251 g/mol. The van der Waals surface area contributed by atoms with Gasteiger partial charge in [0.2, 0.25) is 0 Å². The van der Waals surface area contributed by atoms with Gasteiger partial charge < -0.3 is 15.2 Å². The van der Waals surface area contributed by atoms with Gasteiger partial charge in [-0.2, -0.15) is 5.10 Å². The van der Waals surface area contributed by atoms with Gasteiger partial charge in [0.25, 0.3) is 0 Å². The van der Waals surface area contributed by atoms with E-state index in [1.165, 1.54) is 5.56 Å². The maximum absolute atomic E-state index is 5.72. The van der Waals surface area contributed by atoms with E-state index in [9.17, 15) is 0 Å². The summed E-state index contributed by atoms with van der Waals surface area (Å²) in [6.45, 7) is 4.05. The maximum Gasteiger partial charge on any atom is 0.114 e. The quantitative estimate of drug-likeness (QED) is 0.866. The molecule has 1 fully saturated rings. The Labute approximate surface area is 107 Å². The molecular formula is C13H21N3O2. The van der Waals surface area contributed by atoms with Gasteiger partial charge in [0.1, 0.15) is 6.10 Å². The molecule has 5 heteroatoms. The van der Waals surface area contributed by atoms with E-state index in [2.05, 4.69) is 16.0 Å². The van der Waals surface area contributed by atoms with Crippen molar-refractivity contribution in [1.29, 1.82) is 0 Å². The predicted molar refractivity (Wildman–Crippen MR) is 67.2 cm³/mol. The first-order chi connectivity index (χ1) is 8.86. The van der Waals surface area contributed by atoms with Crippen molar-refractivity contribution in [3.63, 3.8) is 0 Å². The Balaban J connectivity index is 1.71. The normalized spacial score (nSPS) is 25.1. The number of aromatic nitrogens is 2. The molecule has 0 aliphatic carbocycles. The molecule has 18 heavy (non-hydrogen) atoms. The summed E-state index contributed by atoms with van der Waals surface area (Å²) in [6, 6.07) is 0. The Morgan fingerprint density at radius 2 is 2.17 bits per heavy atom. The molecule has 5 nitrogen and oxygen atoms in total. The van der Waals surface area contributed by atoms with E-state index in [-0.39, 0.29) is 6.10 Å². The molecular weight excluding hydrogens is 230 g/mol. The van der Waals surface area contributed by atoms with Crippen molar-refractivity contribution in [2.24, 2.45) is 11.7 Å². The lowest BCUT2D eigenvalue weighted by Gasteiger charge is -2.21. The van der Waals surface area contributed by atoms with Crippen LogP contribution >= 0.6 is 0 Å². The fourth-order valence-corrected chi connectivity index (χ4v) is 2.80. The zero-order valence-corrected chi connectivity index (χ0v) is 10.7. The fraction of sp³-hybridized carbons (Fsp3) is 0.769. The molecule has 2 N–H and O–H groups in total. The molecule has 0 saturated carbocycles. The Hall–Kier alpha value is -0.910. The second kappa shape index (κ2) is 5.38. The van der Waals surface area contributed by atoms with Crippen LogP contribution in [0.5, 0.6) is 0 Å². The average Bonchev–Trinajstić information content (AvgIpc) is 2.82. The van der Waals surface area contributed by atoms with Crippen LogP contribution in [0.2, 0.25) is 0 Å². The number of rotatable bonds is 3. The highest BCUT2D eigenvalue weighted by molar-refractivity contribution is 5.22. The predicted octanol–water partition coefficient (Wildman–Crippen LogP) is 0.882. The molecule has 1 aromatic heterocycles. The molecule has 3 heterocycles. The van der Waals surface area contributed by atoms with Crippen molar-refractivity contribution in [1.82, 2.24) is 9.78 Å². The first-order valence-corrected chi connectivity index (χ1v) is 6.82. The summed E-state index contributed by atoms with van der Waals surface area (Å²) in [5.41, 5.74) is 8.08. The second-order valence-corrected chi connectivity index (χ2v) is 5.16. The van der Waals surface area contributed by atoms with E-state index in [1.807, 2.05) is 0 Å². The highest BCUT2D eigenvalue weighted by atomic mass is 16.5. The van der Waals surface area contributed by atoms with Crippen molar-refractivity contribution in [2.75, 3.05) is 26.4 Å². The highest BCUT2D eigenvalue weighted by Gasteiger charge is 2.24. The zero-order chi connectivity index (χ0) is 12.4. The van der Waals surface area contributed by atoms with Gasteiger partial charge in [-0.3, -0.25) is 4.68 Å². The van der Waals surface area contributed by atoms with Gasteiger partial charge in [0, 0.05) is 32.5 Å². The molecule has 0 spiro atoms. The summed E-state index contributed by atoms with van der Waals surface area (Å²) in [6.07, 6.45) is 5.41. The smallest absolute Gasteiger partial charge is 0.114 e. The minimum absolute atomic E-state index is 0.00955. The van der Waals surface area contributed by atoms with Crippen molar-refractivity contribution < 1.29 is 9.47 Å². The number of hydrogen-bond acceptors (Lipinski definition) is 4. The third-order valence-corrected chi connectivity index (χ3v) is 3.87. The minimum atomic E-state index is -0.00955. The largest absolute Gasteiger partial charge is 0.381 e. The van der Waals surface area contributed by atoms with Gasteiger partial charge in [0.05, 0.1) is 12.3 Å². The lowest BCUT2D eigenvalue weighted by molar-refractivity contribution is 0.0447. The van der Waals surface area contributed by atoms with Crippen molar-refractivity contribution in [3.05, 3.63) is 17.5 Å². The summed E-state index contributed by atoms with van der Waals surface area (Å²) < 4.78 is 13.1. The Morgan fingerprint density at radius 3 is 2.94 bits per heavy atom. The summed E-state index contributed by atoms with van der Waals surface area (Å²) in [5.74, 6) is 0.692. The number of hydrogen-bond donors (Lipinski definition) is 1. The summed E-state index contributed by atoms with van der Waals surface area (Å²) in [7, 11) is 0. The van der Waals surface area contributed by atoms with Crippen molar-refractivity contribution in [3.8, 4) is 0 Å². The molecule has 0 aromatic carbocycles. The van der Waals surface area contributed by atoms with Crippen LogP contribution in [-0.4, -0.2) is 36.1 Å². The maximum atomic E-state index is 5.72. The number of ether oxygens (including phenoxy) is 2. The minimum Gasteiger partial charge on any atom is -0.381 e. The van der Waals surface area contributed by atoms with E-state index < -0.39 is 0 Å². The van der Waals surface area contributed by atoms with Crippen LogP contribution in [0.4, 0.5) is 0 Å². The van der Waals surface area contributed by atoms with Crippen LogP contribution in [0.15, 0.2) is 6.20 Å². The van der Waals surface area contributed by atoms with Crippen LogP contribution in [-0.2, 0) is 22.4 Å². The van der Waals surface area contributed by atoms with Gasteiger partial charge in [0.15, 0.2) is 0 Å². The Bertz CT molecular complexity index is 399. The molecule has 0 bridgehead atoms. The van der Waals surface area contributed by atoms with E-state index in [4.69, 9.17) is 15.2 Å². The SMILES string of the molecule is NC[C@H]1OCCc2cn(CC3CCOCC3)nc21. The Kier molecular flexibility index (Phi) is 3.63. The van der Waals surface area contributed by atoms with Crippen molar-refractivity contribution >= 4 is 0 Å². The van der Waals surface area contributed by atoms with Gasteiger partial charge in [-0.25, -0.2) is 0 Å². The molecule has 0 amide bonds. The molecule has 1 saturated heterocycles. The fourth-order valence-electron chi connectivity index (χ4n) is 2.80. The lowest BCUT2D eigenvalue weighted by Crippen LogP contribution is -2.23. The van der Waals surface area contributed by atoms with E-state index in [0.29, 0.717) is 12.5 Å². The van der Waals surface area contributed by atoms with Crippen LogP contribution in [0, 0.1) is 5.92 Å². The molecule has 3 rings (SSSR count). The van der Waals surface area contributed by atoms with Crippen molar-refractivity contribution in [2.45, 2.75) is 31.9 Å². The first-order valence-electron chi connectivity index (χ1n) is 6.82. The van der Waals surface area contributed by atoms with Crippen LogP contribution in [0.1, 0.15) is 30.2 Å². The number of nitrogens with two attached hydrogens (primary N) is 1. The van der Waals surface area contributed by atoms with E-state index in [1.54, 1.807) is 0 Å². The molecule has 1 aromatic rings. The van der Waals surface area contributed by atoms with Crippen LogP contribution in [0.3, 0.4) is 0 Å². The van der Waals surface area contributed by atoms with E-state index in [0.717, 1.165) is 51.3 Å². The third-order valence-electron chi connectivity index (χ3n) is 3.87. The lowest BCUT2D eigenvalue weighted by atomic mass is 10.0. The topological polar surface area (TPSA) is 62.3 Å². The van der Waals surface area contributed by atoms with Gasteiger partial charge in [-0.1, -0.05) is 0 Å². The molecule has 2 aliphatic heterocycles. The summed E-state index contributed by atoms with van der Waals surface area (Å²) in [5, 5.41) is 4.67. The number of fused-ring (bicyclic) bond motifs is 1. The van der Waals surface area contributed by atoms with Gasteiger partial charge in [-0.05, 0) is 30.7 Å². The third kappa shape index (κ3) is 2.43. The van der Waals surface area contributed by atoms with Crippen LogP contribution < -0.4 is 5.73 Å². The zero-order valence-electron chi connectivity index (χ0n) is 10.7. The van der Waals surface area contributed by atoms with Gasteiger partial charge >= 0.3 is 0 Å². The molecule has 1 atom stereocenters. The average molecular weight is 251 g/mol. The molecule has 0 unspecified atom stereocenters. The van der Waals surface area contributed by atoms with E-state index >= 15 is 0 Å². The highest BCUT2D eigenvalue weighted by Crippen LogP contribution is 2.25. The summed E-state index contributed by atoms with van der Waals surface area (Å²) >= 11 is 0. The van der Waals surface area contributed by atoms with Crippen LogP contribution in [0.25, 0.3) is 0 Å². The second-order valence-electron chi connectivity index (χ2n) is 5.16. The molecule has 100 valence electrons. The first kappa shape index (κ1) is 12.1. The molecule has 2 aliphatic rings. The number of nitrogens with zero attached hydrogens (tertiary/aromatic N) is 2. The van der Waals surface area contributed by atoms with Gasteiger partial charge in [-0.15, -0.1) is 0 Å².